The van der Waals surface area contributed by atoms with Crippen molar-refractivity contribution in [1.29, 1.82) is 0 Å². The van der Waals surface area contributed by atoms with E-state index in [0.29, 0.717) is 19.3 Å². The Labute approximate surface area is 496 Å². The molecule has 6 nitrogen and oxygen atoms in total. The number of rotatable bonds is 62. The minimum Gasteiger partial charge on any atom is -0.462 e. The normalized spacial score (nSPS) is 12.7. The molecular weight excluding hydrogens is 985 g/mol. The van der Waals surface area contributed by atoms with Crippen LogP contribution in [-0.4, -0.2) is 37.2 Å². The molecule has 0 N–H and O–H groups in total. The Morgan fingerprint density at radius 3 is 0.762 bits per heavy atom. The van der Waals surface area contributed by atoms with Crippen molar-refractivity contribution in [3.05, 3.63) is 97.2 Å². The fraction of sp³-hybridized carbons (Fsp3) is 0.743. The summed E-state index contributed by atoms with van der Waals surface area (Å²) in [6.07, 6.45) is 91.5. The zero-order valence-electron chi connectivity index (χ0n) is 52.8. The second-order valence-corrected chi connectivity index (χ2v) is 22.7. The summed E-state index contributed by atoms with van der Waals surface area (Å²) < 4.78 is 16.9. The maximum absolute atomic E-state index is 12.9. The van der Waals surface area contributed by atoms with Crippen molar-refractivity contribution in [1.82, 2.24) is 0 Å². The fourth-order valence-electron chi connectivity index (χ4n) is 9.78. The molecule has 0 fully saturated rings. The molecular formula is C74H128O6. The third-order valence-electron chi connectivity index (χ3n) is 14.8. The van der Waals surface area contributed by atoms with Gasteiger partial charge >= 0.3 is 17.9 Å². The molecule has 1 unspecified atom stereocenters. The molecule has 0 aliphatic heterocycles. The zero-order valence-corrected chi connectivity index (χ0v) is 52.8. The smallest absolute Gasteiger partial charge is 0.306 e. The van der Waals surface area contributed by atoms with Crippen LogP contribution in [0.25, 0.3) is 0 Å². The van der Waals surface area contributed by atoms with Gasteiger partial charge in [-0.1, -0.05) is 317 Å². The van der Waals surface area contributed by atoms with Crippen molar-refractivity contribution in [3.8, 4) is 0 Å². The van der Waals surface area contributed by atoms with E-state index in [4.69, 9.17) is 14.2 Å². The van der Waals surface area contributed by atoms with E-state index in [9.17, 15) is 14.4 Å². The van der Waals surface area contributed by atoms with Crippen LogP contribution in [0.5, 0.6) is 0 Å². The highest BCUT2D eigenvalue weighted by Gasteiger charge is 2.19. The van der Waals surface area contributed by atoms with Crippen LogP contribution in [0.15, 0.2) is 97.2 Å². The highest BCUT2D eigenvalue weighted by Crippen LogP contribution is 2.17. The van der Waals surface area contributed by atoms with E-state index in [1.54, 1.807) is 0 Å². The molecule has 0 aromatic rings. The van der Waals surface area contributed by atoms with Gasteiger partial charge in [-0.05, 0) is 96.3 Å². The number of unbranched alkanes of at least 4 members (excludes halogenated alkanes) is 35. The molecule has 6 heteroatoms. The number of hydrogen-bond donors (Lipinski definition) is 0. The quantitative estimate of drug-likeness (QED) is 0.0261. The molecule has 80 heavy (non-hydrogen) atoms. The molecule has 0 aliphatic carbocycles. The fourth-order valence-corrected chi connectivity index (χ4v) is 9.78. The Bertz CT molecular complexity index is 1560. The first-order chi connectivity index (χ1) is 39.5. The van der Waals surface area contributed by atoms with E-state index in [1.165, 1.54) is 180 Å². The van der Waals surface area contributed by atoms with E-state index in [2.05, 4.69) is 118 Å². The lowest BCUT2D eigenvalue weighted by Crippen LogP contribution is -2.30. The third-order valence-corrected chi connectivity index (χ3v) is 14.8. The summed E-state index contributed by atoms with van der Waals surface area (Å²) >= 11 is 0. The number of esters is 3. The van der Waals surface area contributed by atoms with Gasteiger partial charge in [0.15, 0.2) is 6.10 Å². The van der Waals surface area contributed by atoms with Crippen molar-refractivity contribution in [3.63, 3.8) is 0 Å². The van der Waals surface area contributed by atoms with Crippen molar-refractivity contribution in [2.45, 2.75) is 341 Å². The first-order valence-corrected chi connectivity index (χ1v) is 34.2. The lowest BCUT2D eigenvalue weighted by atomic mass is 10.0. The van der Waals surface area contributed by atoms with Gasteiger partial charge in [-0.2, -0.15) is 0 Å². The molecule has 0 saturated carbocycles. The molecule has 0 bridgehead atoms. The average molecular weight is 1110 g/mol. The number of carbonyl (C=O) groups is 3. The lowest BCUT2D eigenvalue weighted by molar-refractivity contribution is -0.167. The number of carbonyl (C=O) groups excluding carboxylic acids is 3. The minimum atomic E-state index is -0.780. The maximum Gasteiger partial charge on any atom is 0.306 e. The Hall–Kier alpha value is -3.67. The molecule has 0 aromatic carbocycles. The molecule has 0 spiro atoms. The summed E-state index contributed by atoms with van der Waals surface area (Å²) in [5.74, 6) is -0.871. The topological polar surface area (TPSA) is 78.9 Å². The monoisotopic (exact) mass is 1110 g/mol. The van der Waals surface area contributed by atoms with Gasteiger partial charge in [0.1, 0.15) is 13.2 Å². The average Bonchev–Trinajstić information content (AvgIpc) is 3.46. The zero-order chi connectivity index (χ0) is 57.8. The van der Waals surface area contributed by atoms with Crippen LogP contribution >= 0.6 is 0 Å². The van der Waals surface area contributed by atoms with Crippen LogP contribution in [-0.2, 0) is 28.6 Å². The van der Waals surface area contributed by atoms with Crippen molar-refractivity contribution >= 4 is 17.9 Å². The van der Waals surface area contributed by atoms with Crippen LogP contribution in [0.3, 0.4) is 0 Å². The lowest BCUT2D eigenvalue weighted by Gasteiger charge is -2.18. The Balaban J connectivity index is 4.15. The van der Waals surface area contributed by atoms with Gasteiger partial charge in [-0.3, -0.25) is 14.4 Å². The molecule has 0 amide bonds. The number of ether oxygens (including phenoxy) is 3. The van der Waals surface area contributed by atoms with Crippen molar-refractivity contribution < 1.29 is 28.6 Å². The van der Waals surface area contributed by atoms with Gasteiger partial charge in [-0.25, -0.2) is 0 Å². The first-order valence-electron chi connectivity index (χ1n) is 34.2. The molecule has 460 valence electrons. The SMILES string of the molecule is CC/C=C\C/C=C\C/C=C\C/C=C\C/C=C\CCCCCCCCCCCCCCCCCCCC(=O)OCC(COC(=O)CCCCCCCCCCCCCC)OC(=O)CCCCCCCCC/C=C\C/C=C\C/C=C\CC. The van der Waals surface area contributed by atoms with Gasteiger partial charge in [-0.15, -0.1) is 0 Å². The van der Waals surface area contributed by atoms with E-state index in [0.717, 1.165) is 116 Å². The highest BCUT2D eigenvalue weighted by atomic mass is 16.6. The van der Waals surface area contributed by atoms with E-state index in [-0.39, 0.29) is 31.1 Å². The predicted octanol–water partition coefficient (Wildman–Crippen LogP) is 23.6. The van der Waals surface area contributed by atoms with Gasteiger partial charge in [0, 0.05) is 19.3 Å². The first kappa shape index (κ1) is 76.3. The number of hydrogen-bond acceptors (Lipinski definition) is 6. The summed E-state index contributed by atoms with van der Waals surface area (Å²) in [5, 5.41) is 0. The summed E-state index contributed by atoms with van der Waals surface area (Å²) in [6, 6.07) is 0. The van der Waals surface area contributed by atoms with Crippen molar-refractivity contribution in [2.24, 2.45) is 0 Å². The largest absolute Gasteiger partial charge is 0.462 e. The van der Waals surface area contributed by atoms with Crippen LogP contribution < -0.4 is 0 Å². The van der Waals surface area contributed by atoms with Crippen LogP contribution in [0.2, 0.25) is 0 Å². The minimum absolute atomic E-state index is 0.0764. The Morgan fingerprint density at radius 1 is 0.263 bits per heavy atom. The number of allylic oxidation sites excluding steroid dienone is 16. The highest BCUT2D eigenvalue weighted by molar-refractivity contribution is 5.71. The summed E-state index contributed by atoms with van der Waals surface area (Å²) in [5.41, 5.74) is 0. The predicted molar refractivity (Wildman–Crippen MR) is 348 cm³/mol. The maximum atomic E-state index is 12.9. The van der Waals surface area contributed by atoms with E-state index < -0.39 is 6.10 Å². The van der Waals surface area contributed by atoms with Gasteiger partial charge in [0.05, 0.1) is 0 Å². The van der Waals surface area contributed by atoms with Crippen LogP contribution in [0.4, 0.5) is 0 Å². The summed E-state index contributed by atoms with van der Waals surface area (Å²) in [7, 11) is 0. The van der Waals surface area contributed by atoms with Gasteiger partial charge in [0.2, 0.25) is 0 Å². The van der Waals surface area contributed by atoms with Crippen LogP contribution in [0.1, 0.15) is 335 Å². The molecule has 0 aliphatic rings. The molecule has 0 radical (unpaired) electrons. The third kappa shape index (κ3) is 65.1. The Kier molecular flexibility index (Phi) is 64.7. The Morgan fingerprint density at radius 2 is 0.487 bits per heavy atom. The van der Waals surface area contributed by atoms with E-state index in [1.807, 2.05) is 0 Å². The van der Waals surface area contributed by atoms with Crippen molar-refractivity contribution in [2.75, 3.05) is 13.2 Å². The van der Waals surface area contributed by atoms with Gasteiger partial charge in [0.25, 0.3) is 0 Å². The van der Waals surface area contributed by atoms with Gasteiger partial charge < -0.3 is 14.2 Å². The van der Waals surface area contributed by atoms with Crippen LogP contribution in [0, 0.1) is 0 Å². The second-order valence-electron chi connectivity index (χ2n) is 22.7. The summed E-state index contributed by atoms with van der Waals surface area (Å²) in [6.45, 7) is 6.44. The molecule has 1 atom stereocenters. The standard InChI is InChI=1S/C74H128O6/c1-4-7-10-13-16-19-22-25-27-29-30-31-32-33-34-35-36-37-38-39-40-41-42-43-44-46-47-49-52-55-58-61-64-67-73(76)79-70-71(69-78-72(75)66-63-60-57-54-51-24-21-18-15-12-9-6-3)80-74(77)68-65-62-59-56-53-50-48-45-28-26-23-20-17-14-11-8-5-2/h7-8,10-11,16-17,19-20,25-28,30-31,33-34,71H,4-6,9,12-15,18,21-24,29,32,35-70H2,1-3H3/b10-7-,11-8-,19-16-,20-17-,27-25-,28-26-,31-30-,34-33-. The summed E-state index contributed by atoms with van der Waals surface area (Å²) in [4.78, 5) is 38.3. The molecule has 0 aromatic heterocycles. The van der Waals surface area contributed by atoms with E-state index >= 15 is 0 Å². The molecule has 0 saturated heterocycles. The molecule has 0 rings (SSSR count). The molecule has 0 heterocycles. The second kappa shape index (κ2) is 67.8.